The van der Waals surface area contributed by atoms with Gasteiger partial charge in [-0.15, -0.1) is 0 Å². The van der Waals surface area contributed by atoms with Crippen molar-refractivity contribution in [2.75, 3.05) is 12.4 Å². The molecule has 38 heavy (non-hydrogen) atoms. The average molecular weight is 538 g/mol. The molecule has 0 spiro atoms. The third-order valence-corrected chi connectivity index (χ3v) is 7.12. The van der Waals surface area contributed by atoms with Crippen LogP contribution in [0, 0.1) is 0 Å². The Morgan fingerprint density at radius 2 is 1.42 bits per heavy atom. The van der Waals surface area contributed by atoms with Crippen LogP contribution in [0.15, 0.2) is 83.8 Å². The fraction of sp³-hybridized carbons (Fsp3) is 0.250. The van der Waals surface area contributed by atoms with Crippen LogP contribution < -0.4 is 15.4 Å². The fourth-order valence-electron chi connectivity index (χ4n) is 3.59. The quantitative estimate of drug-likeness (QED) is 0.358. The topological polar surface area (TPSA) is 131 Å². The highest BCUT2D eigenvalue weighted by Crippen LogP contribution is 2.17. The van der Waals surface area contributed by atoms with E-state index in [-0.39, 0.29) is 16.9 Å². The van der Waals surface area contributed by atoms with Gasteiger partial charge < -0.3 is 15.4 Å². The lowest BCUT2D eigenvalue weighted by Crippen LogP contribution is -2.45. The minimum absolute atomic E-state index is 0.0648. The molecule has 0 aliphatic carbocycles. The van der Waals surface area contributed by atoms with E-state index in [2.05, 4.69) is 20.1 Å². The first-order valence-electron chi connectivity index (χ1n) is 11.9. The van der Waals surface area contributed by atoms with Gasteiger partial charge in [-0.2, -0.15) is 0 Å². The first kappa shape index (κ1) is 28.5. The molecular weight excluding hydrogens is 506 g/mol. The number of methoxy groups -OCH3 is 1. The van der Waals surface area contributed by atoms with Gasteiger partial charge in [0.25, 0.3) is 5.91 Å². The Labute approximate surface area is 222 Å². The van der Waals surface area contributed by atoms with Crippen molar-refractivity contribution in [3.63, 3.8) is 0 Å². The van der Waals surface area contributed by atoms with E-state index < -0.39 is 39.4 Å². The highest BCUT2D eigenvalue weighted by molar-refractivity contribution is 7.89. The second-order valence-corrected chi connectivity index (χ2v) is 11.3. The summed E-state index contributed by atoms with van der Waals surface area (Å²) in [6.07, 6.45) is 0.223. The van der Waals surface area contributed by atoms with E-state index in [9.17, 15) is 22.8 Å². The van der Waals surface area contributed by atoms with Crippen LogP contribution in [0.2, 0.25) is 0 Å². The third kappa shape index (κ3) is 7.99. The molecule has 1 atom stereocenters. The van der Waals surface area contributed by atoms with E-state index in [1.165, 1.54) is 55.6 Å². The summed E-state index contributed by atoms with van der Waals surface area (Å²) in [6, 6.07) is 19.9. The summed E-state index contributed by atoms with van der Waals surface area (Å²) in [6.45, 7) is 5.23. The SMILES string of the molecule is COC(=O)c1ccc(C(=O)NC(Cc2ccccc2)C(=O)Nc2ccc(S(=O)(=O)NC(C)(C)C)cc2)cc1. The molecule has 0 aliphatic rings. The van der Waals surface area contributed by atoms with Crippen molar-refractivity contribution in [2.45, 2.75) is 43.7 Å². The summed E-state index contributed by atoms with van der Waals surface area (Å²) in [4.78, 5) is 37.9. The number of esters is 1. The molecule has 0 fully saturated rings. The van der Waals surface area contributed by atoms with Crippen molar-refractivity contribution in [3.8, 4) is 0 Å². The van der Waals surface area contributed by atoms with Gasteiger partial charge >= 0.3 is 5.97 Å². The van der Waals surface area contributed by atoms with Crippen molar-refractivity contribution in [1.29, 1.82) is 0 Å². The van der Waals surface area contributed by atoms with Crippen molar-refractivity contribution in [2.24, 2.45) is 0 Å². The molecule has 0 heterocycles. The molecule has 3 aromatic carbocycles. The Kier molecular flexibility index (Phi) is 9.03. The number of hydrogen-bond donors (Lipinski definition) is 3. The molecule has 200 valence electrons. The van der Waals surface area contributed by atoms with Crippen LogP contribution in [-0.4, -0.2) is 44.9 Å². The molecule has 9 nitrogen and oxygen atoms in total. The normalized spacial score (nSPS) is 12.3. The Balaban J connectivity index is 1.77. The minimum atomic E-state index is -3.73. The summed E-state index contributed by atoms with van der Waals surface area (Å²) in [5, 5.41) is 5.50. The van der Waals surface area contributed by atoms with Crippen molar-refractivity contribution in [3.05, 3.63) is 95.6 Å². The predicted octanol–water partition coefficient (Wildman–Crippen LogP) is 3.53. The highest BCUT2D eigenvalue weighted by Gasteiger charge is 2.24. The average Bonchev–Trinajstić information content (AvgIpc) is 2.87. The Hall–Kier alpha value is -4.02. The van der Waals surface area contributed by atoms with Gasteiger partial charge in [0.1, 0.15) is 6.04 Å². The summed E-state index contributed by atoms with van der Waals surface area (Å²) in [5.74, 6) is -1.49. The Morgan fingerprint density at radius 3 is 1.97 bits per heavy atom. The van der Waals surface area contributed by atoms with Gasteiger partial charge in [-0.05, 0) is 74.9 Å². The lowest BCUT2D eigenvalue weighted by molar-refractivity contribution is -0.118. The van der Waals surface area contributed by atoms with Gasteiger partial charge in [-0.1, -0.05) is 30.3 Å². The van der Waals surface area contributed by atoms with Crippen LogP contribution in [0.4, 0.5) is 5.69 Å². The molecule has 1 unspecified atom stereocenters. The number of sulfonamides is 1. The summed E-state index contributed by atoms with van der Waals surface area (Å²) >= 11 is 0. The molecular formula is C28H31N3O6S. The zero-order chi connectivity index (χ0) is 27.9. The van der Waals surface area contributed by atoms with Gasteiger partial charge in [0.15, 0.2) is 0 Å². The van der Waals surface area contributed by atoms with Crippen LogP contribution in [0.1, 0.15) is 47.1 Å². The number of nitrogens with one attached hydrogen (secondary N) is 3. The molecule has 2 amide bonds. The molecule has 10 heteroatoms. The first-order chi connectivity index (χ1) is 17.9. The fourth-order valence-corrected chi connectivity index (χ4v) is 5.00. The summed E-state index contributed by atoms with van der Waals surface area (Å²) < 4.78 is 32.4. The largest absolute Gasteiger partial charge is 0.465 e. The molecule has 3 rings (SSSR count). The van der Waals surface area contributed by atoms with E-state index in [1.54, 1.807) is 20.8 Å². The van der Waals surface area contributed by atoms with Crippen LogP contribution in [0.5, 0.6) is 0 Å². The number of ether oxygens (including phenoxy) is 1. The van der Waals surface area contributed by atoms with Crippen molar-refractivity contribution in [1.82, 2.24) is 10.0 Å². The van der Waals surface area contributed by atoms with Gasteiger partial charge in [0, 0.05) is 23.2 Å². The molecule has 0 bridgehead atoms. The number of carbonyl (C=O) groups is 3. The van der Waals surface area contributed by atoms with Gasteiger partial charge in [-0.25, -0.2) is 17.9 Å². The number of amides is 2. The monoisotopic (exact) mass is 537 g/mol. The van der Waals surface area contributed by atoms with Crippen LogP contribution >= 0.6 is 0 Å². The number of carbonyl (C=O) groups excluding carboxylic acids is 3. The number of rotatable bonds is 9. The van der Waals surface area contributed by atoms with Crippen LogP contribution in [0.25, 0.3) is 0 Å². The van der Waals surface area contributed by atoms with Crippen molar-refractivity contribution < 1.29 is 27.5 Å². The van der Waals surface area contributed by atoms with E-state index >= 15 is 0 Å². The zero-order valence-corrected chi connectivity index (χ0v) is 22.5. The number of hydrogen-bond acceptors (Lipinski definition) is 6. The second kappa shape index (κ2) is 12.0. The molecule has 0 radical (unpaired) electrons. The predicted molar refractivity (Wildman–Crippen MR) is 144 cm³/mol. The standard InChI is InChI=1S/C28H31N3O6S/c1-28(2,3)31-38(35,36)23-16-14-22(15-17-23)29-26(33)24(18-19-8-6-5-7-9-19)30-25(32)20-10-12-21(13-11-20)27(34)37-4/h5-17,24,31H,18H2,1-4H3,(H,29,33)(H,30,32). The van der Waals surface area contributed by atoms with Crippen molar-refractivity contribution >= 4 is 33.5 Å². The molecule has 3 aromatic rings. The van der Waals surface area contributed by atoms with E-state index in [1.807, 2.05) is 30.3 Å². The highest BCUT2D eigenvalue weighted by atomic mass is 32.2. The van der Waals surface area contributed by atoms with Gasteiger partial charge in [-0.3, -0.25) is 9.59 Å². The third-order valence-electron chi connectivity index (χ3n) is 5.35. The Bertz CT molecular complexity index is 1380. The lowest BCUT2D eigenvalue weighted by Gasteiger charge is -2.21. The van der Waals surface area contributed by atoms with Crippen LogP contribution in [0.3, 0.4) is 0 Å². The zero-order valence-electron chi connectivity index (χ0n) is 21.6. The molecule has 0 aliphatic heterocycles. The van der Waals surface area contributed by atoms with Crippen LogP contribution in [-0.2, 0) is 26.0 Å². The summed E-state index contributed by atoms with van der Waals surface area (Å²) in [7, 11) is -2.46. The maximum absolute atomic E-state index is 13.2. The van der Waals surface area contributed by atoms with Gasteiger partial charge in [0.2, 0.25) is 15.9 Å². The summed E-state index contributed by atoms with van der Waals surface area (Å²) in [5.41, 5.74) is 1.13. The van der Waals surface area contributed by atoms with E-state index in [4.69, 9.17) is 0 Å². The van der Waals surface area contributed by atoms with E-state index in [0.29, 0.717) is 11.3 Å². The maximum Gasteiger partial charge on any atom is 0.337 e. The lowest BCUT2D eigenvalue weighted by atomic mass is 10.0. The molecule has 0 saturated heterocycles. The number of benzene rings is 3. The Morgan fingerprint density at radius 1 is 0.842 bits per heavy atom. The van der Waals surface area contributed by atoms with E-state index in [0.717, 1.165) is 5.56 Å². The first-order valence-corrected chi connectivity index (χ1v) is 13.3. The van der Waals surface area contributed by atoms with Gasteiger partial charge in [0.05, 0.1) is 17.6 Å². The molecule has 3 N–H and O–H groups in total. The molecule has 0 saturated carbocycles. The number of anilines is 1. The second-order valence-electron chi connectivity index (χ2n) is 9.65. The molecule has 0 aromatic heterocycles. The minimum Gasteiger partial charge on any atom is -0.465 e. The smallest absolute Gasteiger partial charge is 0.337 e. The maximum atomic E-state index is 13.2.